The minimum absolute atomic E-state index is 0.111. The predicted molar refractivity (Wildman–Crippen MR) is 119 cm³/mol. The average Bonchev–Trinajstić information content (AvgIpc) is 2.83. The molecule has 0 saturated carbocycles. The van der Waals surface area contributed by atoms with Gasteiger partial charge in [-0.25, -0.2) is 12.8 Å². The average molecular weight is 476 g/mol. The van der Waals surface area contributed by atoms with E-state index in [1.54, 1.807) is 29.2 Å². The van der Waals surface area contributed by atoms with E-state index in [4.69, 9.17) is 4.74 Å². The molecule has 2 aromatic rings. The van der Waals surface area contributed by atoms with E-state index in [2.05, 4.69) is 5.32 Å². The van der Waals surface area contributed by atoms with Gasteiger partial charge in [0.15, 0.2) is 0 Å². The number of carbonyl (C=O) groups excluding carboxylic acids is 2. The third kappa shape index (κ3) is 5.07. The van der Waals surface area contributed by atoms with E-state index in [-0.39, 0.29) is 37.9 Å². The summed E-state index contributed by atoms with van der Waals surface area (Å²) in [6.45, 7) is 1.18. The SMILES string of the molecule is O=C(Nc1ccc(F)c(S(=O)(=O)N2CCOCC2)c1)C(c1ccccc1)N1CCCCC1=O. The van der Waals surface area contributed by atoms with Crippen LogP contribution in [0.4, 0.5) is 10.1 Å². The number of nitrogens with one attached hydrogen (secondary N) is 1. The van der Waals surface area contributed by atoms with Gasteiger partial charge in [0.2, 0.25) is 15.9 Å². The molecule has 4 rings (SSSR count). The first-order valence-corrected chi connectivity index (χ1v) is 12.3. The Labute approximate surface area is 192 Å². The zero-order valence-corrected chi connectivity index (χ0v) is 18.9. The van der Waals surface area contributed by atoms with Crippen LogP contribution in [0, 0.1) is 5.82 Å². The number of amides is 2. The van der Waals surface area contributed by atoms with Gasteiger partial charge in [-0.15, -0.1) is 0 Å². The first-order chi connectivity index (χ1) is 15.9. The lowest BCUT2D eigenvalue weighted by atomic mass is 10.0. The van der Waals surface area contributed by atoms with Gasteiger partial charge in [0.25, 0.3) is 5.91 Å². The van der Waals surface area contributed by atoms with E-state index in [0.29, 0.717) is 18.5 Å². The minimum atomic E-state index is -4.09. The van der Waals surface area contributed by atoms with Crippen molar-refractivity contribution in [1.82, 2.24) is 9.21 Å². The van der Waals surface area contributed by atoms with Crippen LogP contribution >= 0.6 is 0 Å². The lowest BCUT2D eigenvalue weighted by Gasteiger charge is -2.34. The lowest BCUT2D eigenvalue weighted by molar-refractivity contribution is -0.141. The molecule has 176 valence electrons. The van der Waals surface area contributed by atoms with Crippen LogP contribution < -0.4 is 5.32 Å². The second-order valence-corrected chi connectivity index (χ2v) is 9.91. The summed E-state index contributed by atoms with van der Waals surface area (Å²) in [5, 5.41) is 2.69. The maximum atomic E-state index is 14.5. The summed E-state index contributed by atoms with van der Waals surface area (Å²) >= 11 is 0. The molecule has 2 amide bonds. The highest BCUT2D eigenvalue weighted by Crippen LogP contribution is 2.29. The number of rotatable bonds is 6. The van der Waals surface area contributed by atoms with Gasteiger partial charge in [0.1, 0.15) is 16.8 Å². The Morgan fingerprint density at radius 3 is 2.45 bits per heavy atom. The van der Waals surface area contributed by atoms with E-state index in [0.717, 1.165) is 25.0 Å². The van der Waals surface area contributed by atoms with Crippen molar-refractivity contribution in [2.75, 3.05) is 38.2 Å². The Morgan fingerprint density at radius 2 is 1.76 bits per heavy atom. The number of anilines is 1. The fourth-order valence-corrected chi connectivity index (χ4v) is 5.62. The highest BCUT2D eigenvalue weighted by atomic mass is 32.2. The van der Waals surface area contributed by atoms with Gasteiger partial charge in [0.05, 0.1) is 13.2 Å². The minimum Gasteiger partial charge on any atom is -0.379 e. The molecule has 0 spiro atoms. The Bertz CT molecular complexity index is 1120. The second-order valence-electron chi connectivity index (χ2n) is 8.01. The maximum Gasteiger partial charge on any atom is 0.251 e. The number of ether oxygens (including phenoxy) is 1. The summed E-state index contributed by atoms with van der Waals surface area (Å²) in [5.74, 6) is -1.50. The van der Waals surface area contributed by atoms with Crippen LogP contribution in [0.1, 0.15) is 30.9 Å². The van der Waals surface area contributed by atoms with Gasteiger partial charge < -0.3 is 15.0 Å². The number of likely N-dealkylation sites (tertiary alicyclic amines) is 1. The monoisotopic (exact) mass is 475 g/mol. The number of morpholine rings is 1. The normalized spacial score (nSPS) is 18.7. The van der Waals surface area contributed by atoms with E-state index in [9.17, 15) is 22.4 Å². The van der Waals surface area contributed by atoms with Crippen molar-refractivity contribution < 1.29 is 27.1 Å². The summed E-state index contributed by atoms with van der Waals surface area (Å²) in [5.41, 5.74) is 0.784. The molecule has 0 aromatic heterocycles. The summed E-state index contributed by atoms with van der Waals surface area (Å²) < 4.78 is 46.8. The lowest BCUT2D eigenvalue weighted by Crippen LogP contribution is -2.43. The van der Waals surface area contributed by atoms with Crippen LogP contribution in [0.25, 0.3) is 0 Å². The van der Waals surface area contributed by atoms with Gasteiger partial charge in [-0.2, -0.15) is 4.31 Å². The van der Waals surface area contributed by atoms with E-state index in [1.165, 1.54) is 10.4 Å². The van der Waals surface area contributed by atoms with Crippen molar-refractivity contribution in [2.45, 2.75) is 30.2 Å². The Morgan fingerprint density at radius 1 is 1.03 bits per heavy atom. The number of carbonyl (C=O) groups is 2. The molecule has 8 nitrogen and oxygen atoms in total. The van der Waals surface area contributed by atoms with Crippen LogP contribution in [0.2, 0.25) is 0 Å². The fourth-order valence-electron chi connectivity index (χ4n) is 4.12. The molecule has 2 saturated heterocycles. The molecule has 1 unspecified atom stereocenters. The fraction of sp³-hybridized carbons (Fsp3) is 0.391. The molecule has 2 fully saturated rings. The number of benzene rings is 2. The van der Waals surface area contributed by atoms with Gasteiger partial charge >= 0.3 is 0 Å². The quantitative estimate of drug-likeness (QED) is 0.693. The molecule has 33 heavy (non-hydrogen) atoms. The van der Waals surface area contributed by atoms with E-state index in [1.807, 2.05) is 6.07 Å². The van der Waals surface area contributed by atoms with Crippen molar-refractivity contribution >= 4 is 27.5 Å². The maximum absolute atomic E-state index is 14.5. The summed E-state index contributed by atoms with van der Waals surface area (Å²) in [7, 11) is -4.09. The molecule has 0 bridgehead atoms. The molecule has 10 heteroatoms. The van der Waals surface area contributed by atoms with Crippen molar-refractivity contribution in [2.24, 2.45) is 0 Å². The molecule has 2 heterocycles. The third-order valence-electron chi connectivity index (χ3n) is 5.82. The molecular formula is C23H26FN3O5S. The Balaban J connectivity index is 1.62. The van der Waals surface area contributed by atoms with E-state index < -0.39 is 32.7 Å². The number of piperidine rings is 1. The topological polar surface area (TPSA) is 96.0 Å². The number of sulfonamides is 1. The van der Waals surface area contributed by atoms with Crippen LogP contribution in [-0.4, -0.2) is 62.3 Å². The van der Waals surface area contributed by atoms with Crippen molar-refractivity contribution in [3.8, 4) is 0 Å². The molecule has 1 N–H and O–H groups in total. The summed E-state index contributed by atoms with van der Waals surface area (Å²) in [6, 6.07) is 11.5. The van der Waals surface area contributed by atoms with Crippen LogP contribution in [-0.2, 0) is 24.3 Å². The number of halogens is 1. The summed E-state index contributed by atoms with van der Waals surface area (Å²) in [4.78, 5) is 26.9. The van der Waals surface area contributed by atoms with E-state index >= 15 is 0 Å². The van der Waals surface area contributed by atoms with Crippen LogP contribution in [0.3, 0.4) is 0 Å². The van der Waals surface area contributed by atoms with Crippen molar-refractivity contribution in [3.63, 3.8) is 0 Å². The first kappa shape index (κ1) is 23.3. The van der Waals surface area contributed by atoms with Gasteiger partial charge in [0, 0.05) is 31.7 Å². The molecule has 1 atom stereocenters. The second kappa shape index (κ2) is 9.98. The highest BCUT2D eigenvalue weighted by molar-refractivity contribution is 7.89. The summed E-state index contributed by atoms with van der Waals surface area (Å²) in [6.07, 6.45) is 1.94. The third-order valence-corrected chi connectivity index (χ3v) is 7.74. The number of hydrogen-bond donors (Lipinski definition) is 1. The van der Waals surface area contributed by atoms with Crippen LogP contribution in [0.15, 0.2) is 53.4 Å². The first-order valence-electron chi connectivity index (χ1n) is 10.9. The molecule has 2 aromatic carbocycles. The number of nitrogens with zero attached hydrogens (tertiary/aromatic N) is 2. The zero-order chi connectivity index (χ0) is 23.4. The van der Waals surface area contributed by atoms with Crippen molar-refractivity contribution in [1.29, 1.82) is 0 Å². The Kier molecular flexibility index (Phi) is 7.06. The van der Waals surface area contributed by atoms with Gasteiger partial charge in [-0.1, -0.05) is 30.3 Å². The van der Waals surface area contributed by atoms with Gasteiger partial charge in [-0.3, -0.25) is 9.59 Å². The molecule has 2 aliphatic rings. The van der Waals surface area contributed by atoms with Crippen LogP contribution in [0.5, 0.6) is 0 Å². The number of hydrogen-bond acceptors (Lipinski definition) is 5. The molecular weight excluding hydrogens is 449 g/mol. The molecule has 0 aliphatic carbocycles. The highest BCUT2D eigenvalue weighted by Gasteiger charge is 2.33. The smallest absolute Gasteiger partial charge is 0.251 e. The molecule has 0 radical (unpaired) electrons. The van der Waals surface area contributed by atoms with Gasteiger partial charge in [-0.05, 0) is 36.6 Å². The Hall–Kier alpha value is -2.82. The standard InChI is InChI=1S/C23H26FN3O5S/c24-19-10-9-18(16-20(19)33(30,31)26-12-14-32-15-13-26)25-23(29)22(17-6-2-1-3-7-17)27-11-5-4-8-21(27)28/h1-3,6-7,9-10,16,22H,4-5,8,11-15H2,(H,25,29). The largest absolute Gasteiger partial charge is 0.379 e. The zero-order valence-electron chi connectivity index (χ0n) is 18.1. The van der Waals surface area contributed by atoms with Crippen molar-refractivity contribution in [3.05, 3.63) is 59.9 Å². The molecule has 2 aliphatic heterocycles. The predicted octanol–water partition coefficient (Wildman–Crippen LogP) is 2.54.